The number of amides is 1. The van der Waals surface area contributed by atoms with Gasteiger partial charge in [-0.2, -0.15) is 0 Å². The van der Waals surface area contributed by atoms with E-state index in [2.05, 4.69) is 25.1 Å². The number of nitrogens with two attached hydrogens (primary N) is 1. The molecule has 0 saturated carbocycles. The molecule has 3 aromatic rings. The Morgan fingerprint density at radius 1 is 1.26 bits per heavy atom. The van der Waals surface area contributed by atoms with Crippen LogP contribution in [-0.4, -0.2) is 54.5 Å². The van der Waals surface area contributed by atoms with E-state index in [-0.39, 0.29) is 17.9 Å². The van der Waals surface area contributed by atoms with Gasteiger partial charge in [-0.3, -0.25) is 19.2 Å². The third-order valence-electron chi connectivity index (χ3n) is 4.81. The maximum absolute atomic E-state index is 13.6. The fourth-order valence-electron chi connectivity index (χ4n) is 3.02. The summed E-state index contributed by atoms with van der Waals surface area (Å²) in [7, 11) is -3.88. The lowest BCUT2D eigenvalue weighted by Crippen LogP contribution is -2.48. The SMILES string of the molecule is C[C@H](Cn1cnc2c(N)ncnc21)OC[P@](=O)(NC(=O)c1ccc(Cl)cc1)NC(C)(C)C(=O)O. The fourth-order valence-corrected chi connectivity index (χ4v) is 5.25. The minimum absolute atomic E-state index is 0.203. The van der Waals surface area contributed by atoms with Crippen LogP contribution in [0.25, 0.3) is 11.2 Å². The minimum atomic E-state index is -3.88. The van der Waals surface area contributed by atoms with Crippen LogP contribution in [0.15, 0.2) is 36.9 Å². The Morgan fingerprint density at radius 2 is 1.94 bits per heavy atom. The average Bonchev–Trinajstić information content (AvgIpc) is 3.16. The second-order valence-electron chi connectivity index (χ2n) is 8.16. The molecule has 14 heteroatoms. The lowest BCUT2D eigenvalue weighted by atomic mass is 10.1. The number of halogens is 1. The Balaban J connectivity index is 1.75. The molecule has 1 aromatic carbocycles. The van der Waals surface area contributed by atoms with Crippen molar-refractivity contribution < 1.29 is 24.0 Å². The van der Waals surface area contributed by atoms with E-state index in [1.54, 1.807) is 11.5 Å². The Hall–Kier alpha value is -3.05. The number of aromatic nitrogens is 4. The summed E-state index contributed by atoms with van der Waals surface area (Å²) in [5, 5.41) is 14.9. The first kappa shape index (κ1) is 25.6. The van der Waals surface area contributed by atoms with Gasteiger partial charge in [-0.05, 0) is 45.0 Å². The number of carboxylic acids is 1. The summed E-state index contributed by atoms with van der Waals surface area (Å²) in [6, 6.07) is 5.96. The van der Waals surface area contributed by atoms with Crippen molar-refractivity contribution in [2.45, 2.75) is 39.0 Å². The van der Waals surface area contributed by atoms with E-state index in [4.69, 9.17) is 22.1 Å². The molecule has 0 radical (unpaired) electrons. The summed E-state index contributed by atoms with van der Waals surface area (Å²) in [5.41, 5.74) is 5.35. The van der Waals surface area contributed by atoms with Gasteiger partial charge < -0.3 is 20.1 Å². The zero-order chi connectivity index (χ0) is 25.1. The van der Waals surface area contributed by atoms with Gasteiger partial charge in [0.05, 0.1) is 19.0 Å². The van der Waals surface area contributed by atoms with Crippen LogP contribution in [0.5, 0.6) is 0 Å². The first-order valence-electron chi connectivity index (χ1n) is 10.1. The molecular weight excluding hydrogens is 485 g/mol. The number of rotatable bonds is 10. The van der Waals surface area contributed by atoms with Crippen molar-refractivity contribution in [2.24, 2.45) is 0 Å². The molecule has 0 bridgehead atoms. The number of nitrogen functional groups attached to an aromatic ring is 1. The van der Waals surface area contributed by atoms with Gasteiger partial charge >= 0.3 is 5.97 Å². The molecule has 0 aliphatic heterocycles. The highest BCUT2D eigenvalue weighted by Gasteiger charge is 2.37. The molecule has 12 nitrogen and oxygen atoms in total. The van der Waals surface area contributed by atoms with Crippen molar-refractivity contribution in [1.29, 1.82) is 0 Å². The van der Waals surface area contributed by atoms with Gasteiger partial charge in [-0.15, -0.1) is 0 Å². The fraction of sp³-hybridized carbons (Fsp3) is 0.350. The van der Waals surface area contributed by atoms with Crippen LogP contribution < -0.4 is 15.9 Å². The Bertz CT molecular complexity index is 1250. The van der Waals surface area contributed by atoms with Gasteiger partial charge in [0, 0.05) is 10.6 Å². The maximum atomic E-state index is 13.6. The number of hydrogen-bond donors (Lipinski definition) is 4. The van der Waals surface area contributed by atoms with Crippen LogP contribution in [0.2, 0.25) is 5.02 Å². The summed E-state index contributed by atoms with van der Waals surface area (Å²) in [5.74, 6) is -1.67. The minimum Gasteiger partial charge on any atom is -0.480 e. The summed E-state index contributed by atoms with van der Waals surface area (Å²) in [6.07, 6.45) is 1.88. The van der Waals surface area contributed by atoms with E-state index in [1.807, 2.05) is 0 Å². The molecule has 2 atom stereocenters. The summed E-state index contributed by atoms with van der Waals surface area (Å²) in [6.45, 7) is 4.67. The number of nitrogens with zero attached hydrogens (tertiary/aromatic N) is 4. The van der Waals surface area contributed by atoms with Crippen LogP contribution in [0.1, 0.15) is 31.1 Å². The third-order valence-corrected chi connectivity index (χ3v) is 7.06. The van der Waals surface area contributed by atoms with Gasteiger partial charge in [-0.25, -0.2) is 20.0 Å². The molecule has 0 fully saturated rings. The van der Waals surface area contributed by atoms with Crippen LogP contribution in [0.3, 0.4) is 0 Å². The van der Waals surface area contributed by atoms with Gasteiger partial charge in [0.1, 0.15) is 23.7 Å². The monoisotopic (exact) mass is 509 g/mol. The van der Waals surface area contributed by atoms with Crippen LogP contribution in [-0.2, 0) is 20.6 Å². The normalized spacial score (nSPS) is 14.5. The number of fused-ring (bicyclic) bond motifs is 1. The molecule has 34 heavy (non-hydrogen) atoms. The van der Waals surface area contributed by atoms with Crippen LogP contribution >= 0.6 is 19.0 Å². The molecule has 0 unspecified atom stereocenters. The predicted molar refractivity (Wildman–Crippen MR) is 127 cm³/mol. The molecule has 5 N–H and O–H groups in total. The molecular formula is C20H25ClN7O5P. The number of aliphatic carboxylic acids is 1. The van der Waals surface area contributed by atoms with Crippen LogP contribution in [0, 0.1) is 0 Å². The number of anilines is 1. The number of nitrogens with one attached hydrogen (secondary N) is 2. The number of imidazole rings is 1. The van der Waals surface area contributed by atoms with E-state index in [9.17, 15) is 19.3 Å². The summed E-state index contributed by atoms with van der Waals surface area (Å²) >= 11 is 5.85. The van der Waals surface area contributed by atoms with Crippen molar-refractivity contribution in [1.82, 2.24) is 29.7 Å². The standard InChI is InChI=1S/C20H25ClN7O5P/c1-12(8-28-10-25-15-16(22)23-9-24-17(15)28)33-11-34(32,27-20(2,3)19(30)31)26-18(29)13-4-6-14(21)7-5-13/h4-7,9-10,12H,8,11H2,1-3H3,(H,30,31)(H2,22,23,24)(H2,26,27,29,32)/t12-,34+/m1/s1. The maximum Gasteiger partial charge on any atom is 0.323 e. The van der Waals surface area contributed by atoms with Crippen LogP contribution in [0.4, 0.5) is 5.82 Å². The summed E-state index contributed by atoms with van der Waals surface area (Å²) in [4.78, 5) is 36.6. The molecule has 0 aliphatic carbocycles. The topological polar surface area (TPSA) is 174 Å². The molecule has 1 amide bonds. The second-order valence-corrected chi connectivity index (χ2v) is 10.8. The Labute approximate surface area is 200 Å². The van der Waals surface area contributed by atoms with Gasteiger partial charge in [0.15, 0.2) is 11.5 Å². The highest BCUT2D eigenvalue weighted by atomic mass is 35.5. The number of hydrogen-bond acceptors (Lipinski definition) is 8. The first-order valence-corrected chi connectivity index (χ1v) is 12.4. The second kappa shape index (κ2) is 10.1. The smallest absolute Gasteiger partial charge is 0.323 e. The van der Waals surface area contributed by atoms with E-state index in [0.717, 1.165) is 0 Å². The van der Waals surface area contributed by atoms with Crippen molar-refractivity contribution >= 4 is 47.9 Å². The number of carboxylic acid groups (broad SMARTS) is 1. The quantitative estimate of drug-likeness (QED) is 0.297. The third kappa shape index (κ3) is 6.09. The van der Waals surface area contributed by atoms with Gasteiger partial charge in [0.2, 0.25) is 0 Å². The molecule has 0 saturated heterocycles. The number of carbonyl (C=O) groups is 2. The first-order chi connectivity index (χ1) is 15.9. The van der Waals surface area contributed by atoms with Crippen molar-refractivity contribution in [2.75, 3.05) is 12.1 Å². The average molecular weight is 510 g/mol. The molecule has 2 aromatic heterocycles. The number of carbonyl (C=O) groups excluding carboxylic acids is 1. The highest BCUT2D eigenvalue weighted by Crippen LogP contribution is 2.40. The Kier molecular flexibility index (Phi) is 7.57. The molecule has 0 spiro atoms. The molecule has 3 rings (SSSR count). The number of benzene rings is 1. The zero-order valence-corrected chi connectivity index (χ0v) is 20.4. The van der Waals surface area contributed by atoms with Crippen molar-refractivity contribution in [3.8, 4) is 0 Å². The largest absolute Gasteiger partial charge is 0.480 e. The Morgan fingerprint density at radius 3 is 2.59 bits per heavy atom. The van der Waals surface area contributed by atoms with E-state index < -0.39 is 37.3 Å². The van der Waals surface area contributed by atoms with Crippen molar-refractivity contribution in [3.63, 3.8) is 0 Å². The highest BCUT2D eigenvalue weighted by molar-refractivity contribution is 7.60. The van der Waals surface area contributed by atoms with E-state index >= 15 is 0 Å². The van der Waals surface area contributed by atoms with Gasteiger partial charge in [0.25, 0.3) is 13.4 Å². The molecule has 182 valence electrons. The molecule has 0 aliphatic rings. The van der Waals surface area contributed by atoms with Crippen molar-refractivity contribution in [3.05, 3.63) is 47.5 Å². The lowest BCUT2D eigenvalue weighted by molar-refractivity contribution is -0.142. The van der Waals surface area contributed by atoms with E-state index in [0.29, 0.717) is 16.2 Å². The summed E-state index contributed by atoms with van der Waals surface area (Å²) < 4.78 is 21.1. The van der Waals surface area contributed by atoms with Gasteiger partial charge in [-0.1, -0.05) is 11.6 Å². The lowest BCUT2D eigenvalue weighted by Gasteiger charge is -2.29. The van der Waals surface area contributed by atoms with E-state index in [1.165, 1.54) is 50.8 Å². The zero-order valence-electron chi connectivity index (χ0n) is 18.7. The molecule has 2 heterocycles. The predicted octanol–water partition coefficient (Wildman–Crippen LogP) is 2.50. The number of ether oxygens (including phenoxy) is 1.